The third kappa shape index (κ3) is 6.40. The largest absolute Gasteiger partial charge is 0.383 e. The Bertz CT molecular complexity index is 568. The molecule has 8 heteroatoms. The van der Waals surface area contributed by atoms with E-state index < -0.39 is 23.9 Å². The highest BCUT2D eigenvalue weighted by atomic mass is 16.6. The lowest BCUT2D eigenvalue weighted by Gasteiger charge is -2.30. The van der Waals surface area contributed by atoms with E-state index in [0.29, 0.717) is 25.4 Å². The predicted octanol–water partition coefficient (Wildman–Crippen LogP) is 3.79. The van der Waals surface area contributed by atoms with Crippen molar-refractivity contribution in [2.45, 2.75) is 70.3 Å². The quantitative estimate of drug-likeness (QED) is 0.169. The molecular formula is C19H33N5O3. The third-order valence-corrected chi connectivity index (χ3v) is 4.54. The van der Waals surface area contributed by atoms with Gasteiger partial charge in [-0.15, -0.1) is 0 Å². The molecule has 1 rings (SSSR count). The van der Waals surface area contributed by atoms with E-state index in [1.165, 1.54) is 0 Å². The Labute approximate surface area is 162 Å². The second-order valence-corrected chi connectivity index (χ2v) is 7.20. The number of unbranched alkanes of at least 4 members (excludes halogenated alkanes) is 2. The van der Waals surface area contributed by atoms with Gasteiger partial charge in [-0.1, -0.05) is 31.8 Å². The fraction of sp³-hybridized carbons (Fsp3) is 0.842. The average Bonchev–Trinajstić information content (AvgIpc) is 2.89. The normalized spacial score (nSPS) is 27.9. The summed E-state index contributed by atoms with van der Waals surface area (Å²) in [5.74, 6) is 0. The minimum atomic E-state index is -1.03. The van der Waals surface area contributed by atoms with Crippen LogP contribution >= 0.6 is 0 Å². The van der Waals surface area contributed by atoms with E-state index in [1.807, 2.05) is 14.1 Å². The van der Waals surface area contributed by atoms with Crippen LogP contribution in [0.3, 0.4) is 0 Å². The molecule has 0 bridgehead atoms. The average molecular weight is 380 g/mol. The van der Waals surface area contributed by atoms with Crippen LogP contribution in [0.1, 0.15) is 46.5 Å². The van der Waals surface area contributed by atoms with Crippen LogP contribution in [0, 0.1) is 11.3 Å². The van der Waals surface area contributed by atoms with Crippen molar-refractivity contribution in [1.82, 2.24) is 4.90 Å². The van der Waals surface area contributed by atoms with Gasteiger partial charge in [-0.05, 0) is 25.3 Å². The van der Waals surface area contributed by atoms with Crippen molar-refractivity contribution in [2.24, 2.45) is 5.11 Å². The number of nitriles is 1. The molecule has 8 nitrogen and oxygen atoms in total. The van der Waals surface area contributed by atoms with Gasteiger partial charge >= 0.3 is 0 Å². The summed E-state index contributed by atoms with van der Waals surface area (Å²) in [6, 6.07) is 2.19. The van der Waals surface area contributed by atoms with Crippen LogP contribution < -0.4 is 0 Å². The molecule has 1 aliphatic heterocycles. The van der Waals surface area contributed by atoms with Crippen LogP contribution in [-0.2, 0) is 14.2 Å². The summed E-state index contributed by atoms with van der Waals surface area (Å²) < 4.78 is 18.0. The Morgan fingerprint density at radius 1 is 1.33 bits per heavy atom. The Morgan fingerprint density at radius 2 is 2.00 bits per heavy atom. The molecule has 0 saturated carbocycles. The minimum Gasteiger partial charge on any atom is -0.383 e. The molecule has 0 amide bonds. The molecule has 0 spiro atoms. The summed E-state index contributed by atoms with van der Waals surface area (Å²) in [5, 5.41) is 13.7. The standard InChI is InChI=1S/C19H33N5O3/c1-6-8-10-25-14-16-18(26-11-9-7-2)19(3,22-23-21)17(27-16)15(12-20)13-24(4)5/h13,16-18H,6-11,14H2,1-5H3/t16-,17?,18-,19+/m1/s1. The molecule has 152 valence electrons. The lowest BCUT2D eigenvalue weighted by molar-refractivity contribution is -0.0628. The SMILES string of the molecule is CCCCOC[C@H]1OC(C(C#N)=CN(C)C)[C@](C)(N=[N+]=[N-])[C@@H]1OCCCC. The molecule has 27 heavy (non-hydrogen) atoms. The lowest BCUT2D eigenvalue weighted by Crippen LogP contribution is -2.46. The first-order valence-electron chi connectivity index (χ1n) is 9.63. The fourth-order valence-electron chi connectivity index (χ4n) is 3.14. The Hall–Kier alpha value is -1.78. The van der Waals surface area contributed by atoms with E-state index in [-0.39, 0.29) is 0 Å². The van der Waals surface area contributed by atoms with Gasteiger partial charge in [0.15, 0.2) is 0 Å². The summed E-state index contributed by atoms with van der Waals surface area (Å²) >= 11 is 0. The van der Waals surface area contributed by atoms with Crippen LogP contribution in [0.2, 0.25) is 0 Å². The lowest BCUT2D eigenvalue weighted by atomic mass is 9.86. The van der Waals surface area contributed by atoms with Gasteiger partial charge in [0.1, 0.15) is 17.7 Å². The van der Waals surface area contributed by atoms with Crippen LogP contribution in [0.25, 0.3) is 10.4 Å². The highest BCUT2D eigenvalue weighted by molar-refractivity contribution is 5.32. The summed E-state index contributed by atoms with van der Waals surface area (Å²) in [4.78, 5) is 4.81. The highest BCUT2D eigenvalue weighted by Gasteiger charge is 2.55. The van der Waals surface area contributed by atoms with Crippen LogP contribution in [0.15, 0.2) is 16.9 Å². The maximum Gasteiger partial charge on any atom is 0.109 e. The molecule has 0 aromatic rings. The zero-order chi connectivity index (χ0) is 20.3. The van der Waals surface area contributed by atoms with Crippen LogP contribution in [-0.4, -0.2) is 62.7 Å². The van der Waals surface area contributed by atoms with Gasteiger partial charge in [0, 0.05) is 38.4 Å². The number of ether oxygens (including phenoxy) is 3. The smallest absolute Gasteiger partial charge is 0.109 e. The fourth-order valence-corrected chi connectivity index (χ4v) is 3.14. The van der Waals surface area contributed by atoms with E-state index in [2.05, 4.69) is 29.9 Å². The summed E-state index contributed by atoms with van der Waals surface area (Å²) in [7, 11) is 3.66. The number of rotatable bonds is 12. The Morgan fingerprint density at radius 3 is 2.56 bits per heavy atom. The molecule has 1 aliphatic rings. The molecule has 0 N–H and O–H groups in total. The second-order valence-electron chi connectivity index (χ2n) is 7.20. The van der Waals surface area contributed by atoms with E-state index in [4.69, 9.17) is 14.2 Å². The molecule has 0 aromatic heterocycles. The monoisotopic (exact) mass is 379 g/mol. The third-order valence-electron chi connectivity index (χ3n) is 4.54. The van der Waals surface area contributed by atoms with Gasteiger partial charge in [-0.2, -0.15) is 5.26 Å². The van der Waals surface area contributed by atoms with Crippen molar-refractivity contribution in [2.75, 3.05) is 33.9 Å². The first-order chi connectivity index (χ1) is 12.9. The highest BCUT2D eigenvalue weighted by Crippen LogP contribution is 2.40. The summed E-state index contributed by atoms with van der Waals surface area (Å²) in [6.45, 7) is 7.50. The van der Waals surface area contributed by atoms with Crippen molar-refractivity contribution in [3.8, 4) is 6.07 Å². The summed E-state index contributed by atoms with van der Waals surface area (Å²) in [5.41, 5.74) is 8.54. The van der Waals surface area contributed by atoms with Gasteiger partial charge in [0.05, 0.1) is 24.4 Å². The van der Waals surface area contributed by atoms with E-state index >= 15 is 0 Å². The van der Waals surface area contributed by atoms with Crippen molar-refractivity contribution >= 4 is 0 Å². The summed E-state index contributed by atoms with van der Waals surface area (Å²) in [6.07, 6.45) is 4.03. The molecule has 1 saturated heterocycles. The molecular weight excluding hydrogens is 346 g/mol. The second kappa shape index (κ2) is 11.8. The predicted molar refractivity (Wildman–Crippen MR) is 104 cm³/mol. The topological polar surface area (TPSA) is 103 Å². The maximum atomic E-state index is 9.64. The number of azide groups is 1. The van der Waals surface area contributed by atoms with Gasteiger partial charge in [0.25, 0.3) is 0 Å². The van der Waals surface area contributed by atoms with Crippen molar-refractivity contribution in [3.63, 3.8) is 0 Å². The zero-order valence-electron chi connectivity index (χ0n) is 17.2. The van der Waals surface area contributed by atoms with Crippen LogP contribution in [0.4, 0.5) is 0 Å². The molecule has 1 fully saturated rings. The number of nitrogens with zero attached hydrogens (tertiary/aromatic N) is 5. The number of hydrogen-bond acceptors (Lipinski definition) is 6. The Kier molecular flexibility index (Phi) is 10.2. The van der Waals surface area contributed by atoms with Gasteiger partial charge < -0.3 is 19.1 Å². The molecule has 0 aromatic carbocycles. The van der Waals surface area contributed by atoms with Crippen molar-refractivity contribution in [3.05, 3.63) is 22.2 Å². The van der Waals surface area contributed by atoms with E-state index in [1.54, 1.807) is 18.0 Å². The minimum absolute atomic E-state index is 0.338. The van der Waals surface area contributed by atoms with Crippen molar-refractivity contribution in [1.29, 1.82) is 5.26 Å². The first kappa shape index (κ1) is 23.3. The van der Waals surface area contributed by atoms with Gasteiger partial charge in [-0.3, -0.25) is 0 Å². The van der Waals surface area contributed by atoms with Gasteiger partial charge in [-0.25, -0.2) is 0 Å². The molecule has 1 heterocycles. The Balaban J connectivity index is 3.15. The number of hydrogen-bond donors (Lipinski definition) is 0. The van der Waals surface area contributed by atoms with E-state index in [9.17, 15) is 10.8 Å². The van der Waals surface area contributed by atoms with Crippen molar-refractivity contribution < 1.29 is 14.2 Å². The molecule has 4 atom stereocenters. The van der Waals surface area contributed by atoms with Gasteiger partial charge in [0.2, 0.25) is 0 Å². The maximum absolute atomic E-state index is 9.64. The first-order valence-corrected chi connectivity index (χ1v) is 9.63. The van der Waals surface area contributed by atoms with E-state index in [0.717, 1.165) is 25.7 Å². The molecule has 0 radical (unpaired) electrons. The van der Waals surface area contributed by atoms with Crippen LogP contribution in [0.5, 0.6) is 0 Å². The molecule has 0 aliphatic carbocycles. The molecule has 1 unspecified atom stereocenters. The zero-order valence-corrected chi connectivity index (χ0v) is 17.2.